The quantitative estimate of drug-likeness (QED) is 0.808. The molecular formula is C17H18N4O. The lowest BCUT2D eigenvalue weighted by Crippen LogP contribution is -2.30. The van der Waals surface area contributed by atoms with Crippen LogP contribution in [0.3, 0.4) is 0 Å². The van der Waals surface area contributed by atoms with Crippen LogP contribution in [0.25, 0.3) is 16.9 Å². The fraction of sp³-hybridized carbons (Fsp3) is 0.235. The average molecular weight is 294 g/mol. The zero-order valence-electron chi connectivity index (χ0n) is 12.9. The molecule has 0 radical (unpaired) electrons. The lowest BCUT2D eigenvalue weighted by atomic mass is 10.1. The van der Waals surface area contributed by atoms with Gasteiger partial charge in [-0.25, -0.2) is 4.98 Å². The third-order valence-corrected chi connectivity index (χ3v) is 3.35. The molecule has 0 bridgehead atoms. The highest BCUT2D eigenvalue weighted by Gasteiger charge is 2.14. The molecule has 1 amide bonds. The number of nitrogens with one attached hydrogen (secondary N) is 1. The minimum Gasteiger partial charge on any atom is -0.348 e. The lowest BCUT2D eigenvalue weighted by Gasteiger charge is -2.05. The van der Waals surface area contributed by atoms with Gasteiger partial charge in [-0.2, -0.15) is 0 Å². The number of rotatable bonds is 3. The molecule has 0 saturated heterocycles. The number of imidazole rings is 1. The molecule has 2 aromatic heterocycles. The average Bonchev–Trinajstić information content (AvgIpc) is 2.91. The highest BCUT2D eigenvalue weighted by Crippen LogP contribution is 2.22. The van der Waals surface area contributed by atoms with Crippen molar-refractivity contribution < 1.29 is 4.79 Å². The Hall–Kier alpha value is -2.69. The molecule has 3 aromatic rings. The Kier molecular flexibility index (Phi) is 3.63. The molecule has 22 heavy (non-hydrogen) atoms. The van der Waals surface area contributed by atoms with Gasteiger partial charge in [-0.1, -0.05) is 29.8 Å². The van der Waals surface area contributed by atoms with E-state index in [-0.39, 0.29) is 11.9 Å². The number of fused-ring (bicyclic) bond motifs is 1. The van der Waals surface area contributed by atoms with Crippen molar-refractivity contribution in [1.82, 2.24) is 19.7 Å². The molecule has 0 fully saturated rings. The van der Waals surface area contributed by atoms with Gasteiger partial charge in [-0.15, -0.1) is 0 Å². The molecule has 0 aliphatic carbocycles. The molecule has 2 heterocycles. The predicted octanol–water partition coefficient (Wildman–Crippen LogP) is 2.84. The van der Waals surface area contributed by atoms with Crippen molar-refractivity contribution in [2.24, 2.45) is 0 Å². The van der Waals surface area contributed by atoms with Crippen LogP contribution in [0.5, 0.6) is 0 Å². The minimum atomic E-state index is -0.173. The van der Waals surface area contributed by atoms with Crippen molar-refractivity contribution in [3.05, 3.63) is 54.1 Å². The van der Waals surface area contributed by atoms with Gasteiger partial charge in [0.25, 0.3) is 5.91 Å². The van der Waals surface area contributed by atoms with E-state index in [2.05, 4.69) is 15.3 Å². The number of hydrogen-bond donors (Lipinski definition) is 1. The third kappa shape index (κ3) is 2.70. The maximum absolute atomic E-state index is 12.1. The van der Waals surface area contributed by atoms with E-state index in [4.69, 9.17) is 0 Å². The molecular weight excluding hydrogens is 276 g/mol. The molecule has 3 rings (SSSR count). The summed E-state index contributed by atoms with van der Waals surface area (Å²) in [5.41, 5.74) is 4.02. The fourth-order valence-electron chi connectivity index (χ4n) is 2.28. The van der Waals surface area contributed by atoms with Crippen LogP contribution in [0, 0.1) is 6.92 Å². The maximum atomic E-state index is 12.1. The second kappa shape index (κ2) is 5.60. The Morgan fingerprint density at radius 3 is 2.64 bits per heavy atom. The molecule has 1 N–H and O–H groups in total. The summed E-state index contributed by atoms with van der Waals surface area (Å²) in [4.78, 5) is 21.0. The van der Waals surface area contributed by atoms with Gasteiger partial charge in [0.15, 0.2) is 5.65 Å². The maximum Gasteiger partial charge on any atom is 0.271 e. The lowest BCUT2D eigenvalue weighted by molar-refractivity contribution is 0.0938. The number of hydrogen-bond acceptors (Lipinski definition) is 3. The Morgan fingerprint density at radius 2 is 1.95 bits per heavy atom. The van der Waals surface area contributed by atoms with E-state index in [9.17, 15) is 4.79 Å². The molecule has 0 unspecified atom stereocenters. The molecule has 0 spiro atoms. The van der Waals surface area contributed by atoms with Crippen LogP contribution < -0.4 is 5.32 Å². The monoisotopic (exact) mass is 294 g/mol. The van der Waals surface area contributed by atoms with Gasteiger partial charge in [-0.05, 0) is 20.8 Å². The SMILES string of the molecule is Cc1ccc(-c2nccn3cc(C(=O)NC(C)C)nc23)cc1. The van der Waals surface area contributed by atoms with Crippen molar-refractivity contribution in [3.8, 4) is 11.3 Å². The van der Waals surface area contributed by atoms with Crippen LogP contribution in [0.15, 0.2) is 42.9 Å². The largest absolute Gasteiger partial charge is 0.348 e. The van der Waals surface area contributed by atoms with Crippen molar-refractivity contribution in [2.45, 2.75) is 26.8 Å². The smallest absolute Gasteiger partial charge is 0.271 e. The zero-order chi connectivity index (χ0) is 15.7. The van der Waals surface area contributed by atoms with Crippen LogP contribution in [0.2, 0.25) is 0 Å². The topological polar surface area (TPSA) is 59.3 Å². The summed E-state index contributed by atoms with van der Waals surface area (Å²) in [6.07, 6.45) is 5.24. The van der Waals surface area contributed by atoms with E-state index in [0.29, 0.717) is 11.3 Å². The standard InChI is InChI=1S/C17H18N4O/c1-11(2)19-17(22)14-10-21-9-8-18-15(16(21)20-14)13-6-4-12(3)5-7-13/h4-11H,1-3H3,(H,19,22). The molecule has 0 aliphatic rings. The number of aryl methyl sites for hydroxylation is 1. The fourth-order valence-corrected chi connectivity index (χ4v) is 2.28. The summed E-state index contributed by atoms with van der Waals surface area (Å²) in [5.74, 6) is -0.173. The van der Waals surface area contributed by atoms with Crippen LogP contribution in [0.1, 0.15) is 29.9 Å². The third-order valence-electron chi connectivity index (χ3n) is 3.35. The van der Waals surface area contributed by atoms with Gasteiger partial charge in [-0.3, -0.25) is 9.78 Å². The van der Waals surface area contributed by atoms with Crippen LogP contribution in [-0.4, -0.2) is 26.3 Å². The molecule has 5 nitrogen and oxygen atoms in total. The van der Waals surface area contributed by atoms with E-state index >= 15 is 0 Å². The van der Waals surface area contributed by atoms with Gasteiger partial charge in [0.2, 0.25) is 0 Å². The summed E-state index contributed by atoms with van der Waals surface area (Å²) in [5, 5.41) is 2.85. The Balaban J connectivity index is 2.07. The van der Waals surface area contributed by atoms with Crippen LogP contribution in [-0.2, 0) is 0 Å². The van der Waals surface area contributed by atoms with Crippen molar-refractivity contribution in [3.63, 3.8) is 0 Å². The second-order valence-electron chi connectivity index (χ2n) is 5.63. The highest BCUT2D eigenvalue weighted by atomic mass is 16.1. The minimum absolute atomic E-state index is 0.0759. The van der Waals surface area contributed by atoms with Gasteiger partial charge in [0.1, 0.15) is 11.4 Å². The number of amides is 1. The van der Waals surface area contributed by atoms with E-state index in [1.54, 1.807) is 18.6 Å². The first kappa shape index (κ1) is 14.3. The molecule has 1 aromatic carbocycles. The first-order chi connectivity index (χ1) is 10.5. The van der Waals surface area contributed by atoms with E-state index in [1.165, 1.54) is 5.56 Å². The molecule has 0 saturated carbocycles. The van der Waals surface area contributed by atoms with Crippen LogP contribution >= 0.6 is 0 Å². The second-order valence-corrected chi connectivity index (χ2v) is 5.63. The van der Waals surface area contributed by atoms with Crippen molar-refractivity contribution in [1.29, 1.82) is 0 Å². The van der Waals surface area contributed by atoms with Crippen molar-refractivity contribution >= 4 is 11.6 Å². The number of benzene rings is 1. The first-order valence-corrected chi connectivity index (χ1v) is 7.26. The number of carbonyl (C=O) groups is 1. The van der Waals surface area contributed by atoms with E-state index < -0.39 is 0 Å². The van der Waals surface area contributed by atoms with Gasteiger partial charge in [0, 0.05) is 30.2 Å². The summed E-state index contributed by atoms with van der Waals surface area (Å²) < 4.78 is 1.83. The number of aromatic nitrogens is 3. The summed E-state index contributed by atoms with van der Waals surface area (Å²) in [6.45, 7) is 5.89. The zero-order valence-corrected chi connectivity index (χ0v) is 12.9. The summed E-state index contributed by atoms with van der Waals surface area (Å²) in [7, 11) is 0. The molecule has 0 aliphatic heterocycles. The molecule has 0 atom stereocenters. The number of carbonyl (C=O) groups excluding carboxylic acids is 1. The van der Waals surface area contributed by atoms with Gasteiger partial charge < -0.3 is 9.72 Å². The first-order valence-electron chi connectivity index (χ1n) is 7.26. The van der Waals surface area contributed by atoms with Crippen molar-refractivity contribution in [2.75, 3.05) is 0 Å². The van der Waals surface area contributed by atoms with Crippen LogP contribution in [0.4, 0.5) is 0 Å². The Morgan fingerprint density at radius 1 is 1.23 bits per heavy atom. The van der Waals surface area contributed by atoms with Gasteiger partial charge in [0.05, 0.1) is 0 Å². The van der Waals surface area contributed by atoms with E-state index in [1.807, 2.05) is 49.4 Å². The predicted molar refractivity (Wildman–Crippen MR) is 85.8 cm³/mol. The highest BCUT2D eigenvalue weighted by molar-refractivity contribution is 5.93. The number of nitrogens with zero attached hydrogens (tertiary/aromatic N) is 3. The summed E-state index contributed by atoms with van der Waals surface area (Å²) >= 11 is 0. The normalized spacial score (nSPS) is 11.1. The molecule has 112 valence electrons. The van der Waals surface area contributed by atoms with E-state index in [0.717, 1.165) is 11.3 Å². The molecule has 5 heteroatoms. The Labute approximate surface area is 129 Å². The van der Waals surface area contributed by atoms with Gasteiger partial charge >= 0.3 is 0 Å². The summed E-state index contributed by atoms with van der Waals surface area (Å²) in [6, 6.07) is 8.18. The Bertz CT molecular complexity index is 818.